The Morgan fingerprint density at radius 3 is 1.75 bits per heavy atom. The molecule has 9 rings (SSSR count). The largest absolute Gasteiger partial charge is 1.00 e. The molecule has 0 amide bonds. The van der Waals surface area contributed by atoms with Crippen molar-refractivity contribution in [3.8, 4) is 11.1 Å². The quantitative estimate of drug-likeness (QED) is 0.210. The summed E-state index contributed by atoms with van der Waals surface area (Å²) in [5, 5.41) is 0. The number of hydrogen-bond donors (Lipinski definition) is 0. The van der Waals surface area contributed by atoms with E-state index in [4.69, 9.17) is 0 Å². The van der Waals surface area contributed by atoms with E-state index >= 15 is 0 Å². The van der Waals surface area contributed by atoms with Gasteiger partial charge in [-0.25, -0.2) is 0 Å². The smallest absolute Gasteiger partial charge is 1.00 e. The van der Waals surface area contributed by atoms with Gasteiger partial charge >= 0.3 is 321 Å². The second-order valence-corrected chi connectivity index (χ2v) is 26.5. The molecule has 4 saturated carbocycles. The molecule has 0 N–H and O–H groups in total. The Bertz CT molecular complexity index is 1950. The predicted octanol–water partition coefficient (Wildman–Crippen LogP) is 6.71. The molecule has 3 aromatic carbocycles. The normalized spacial score (nSPS) is 25.9. The molecule has 0 nitrogen and oxygen atoms in total. The van der Waals surface area contributed by atoms with E-state index in [0.29, 0.717) is 11.3 Å². The minimum absolute atomic E-state index is 0. The van der Waals surface area contributed by atoms with Gasteiger partial charge in [0, 0.05) is 0 Å². The van der Waals surface area contributed by atoms with Crippen LogP contribution < -0.4 is 28.1 Å². The predicted molar refractivity (Wildman–Crippen MR) is 217 cm³/mol. The first kappa shape index (κ1) is 41.1. The molecule has 4 bridgehead atoms. The van der Waals surface area contributed by atoms with E-state index in [1.54, 1.807) is 20.0 Å². The topological polar surface area (TPSA) is 0 Å². The Hall–Kier alpha value is -1.53. The van der Waals surface area contributed by atoms with Crippen molar-refractivity contribution in [2.45, 2.75) is 144 Å². The molecule has 3 heteroatoms. The van der Waals surface area contributed by atoms with Crippen LogP contribution in [-0.2, 0) is 43.9 Å². The van der Waals surface area contributed by atoms with Gasteiger partial charge in [0.25, 0.3) is 0 Å². The third kappa shape index (κ3) is 7.78. The van der Waals surface area contributed by atoms with E-state index < -0.39 is 21.3 Å². The monoisotopic (exact) mass is 824 g/mol. The second-order valence-electron chi connectivity index (χ2n) is 21.1. The third-order valence-corrected chi connectivity index (χ3v) is 21.5. The zero-order valence-corrected chi connectivity index (χ0v) is 38.5. The average molecular weight is 827 g/mol. The molecule has 53 heavy (non-hydrogen) atoms. The Labute approximate surface area is 343 Å². The van der Waals surface area contributed by atoms with Crippen LogP contribution in [0.5, 0.6) is 0 Å². The number of hydrogen-bond acceptors (Lipinski definition) is 0. The zero-order valence-electron chi connectivity index (χ0n) is 34.6. The molecule has 1 unspecified atom stereocenters. The standard InChI is InChI=1S/C21H25.C18H25.C11H14.2ClH.Zr/c1-20(2,3)16-9-7-14-11-15-8-10-17(21(4,5)6)13-19(15)18(14)12-16;1-12-3-13(2)17(4-12)11-18-8-14-5-15(9-18)7-16(6-14)10-18;1-9-5-7-10(8-6-9)11(2,3)4;;;/h7,9-10,12-13H,11H2,1-6H3;4,12,14-16H,5-11H2,1-2H3;1,5-8H,2-4H3;2*1H;/q;;;;;+2/p-2. The van der Waals surface area contributed by atoms with Crippen LogP contribution in [-0.4, -0.2) is 3.71 Å². The summed E-state index contributed by atoms with van der Waals surface area (Å²) < 4.78 is 6.42. The molecule has 0 heterocycles. The minimum atomic E-state index is -2.64. The van der Waals surface area contributed by atoms with Gasteiger partial charge in [-0.15, -0.1) is 0 Å². The maximum Gasteiger partial charge on any atom is -1.00 e. The molecular formula is C50H64Cl2Zr. The van der Waals surface area contributed by atoms with Crippen LogP contribution in [0.15, 0.2) is 75.1 Å². The average Bonchev–Trinajstić information content (AvgIpc) is 3.52. The van der Waals surface area contributed by atoms with Crippen LogP contribution in [0.3, 0.4) is 0 Å². The molecule has 3 aromatic rings. The van der Waals surface area contributed by atoms with Crippen molar-refractivity contribution < 1.29 is 46.1 Å². The van der Waals surface area contributed by atoms with E-state index in [0.717, 1.165) is 24.2 Å². The number of benzene rings is 3. The third-order valence-electron chi connectivity index (χ3n) is 13.9. The molecule has 6 aliphatic carbocycles. The van der Waals surface area contributed by atoms with Gasteiger partial charge in [0.2, 0.25) is 0 Å². The van der Waals surface area contributed by atoms with Crippen molar-refractivity contribution in [3.05, 3.63) is 108 Å². The fourth-order valence-corrected chi connectivity index (χ4v) is 19.2. The summed E-state index contributed by atoms with van der Waals surface area (Å²) in [5.41, 5.74) is 16.4. The van der Waals surface area contributed by atoms with E-state index in [1.165, 1.54) is 83.9 Å². The van der Waals surface area contributed by atoms with E-state index in [1.807, 2.05) is 3.28 Å². The molecular weight excluding hydrogens is 763 g/mol. The van der Waals surface area contributed by atoms with Gasteiger partial charge in [0.05, 0.1) is 0 Å². The molecule has 0 radical (unpaired) electrons. The van der Waals surface area contributed by atoms with E-state index in [2.05, 4.69) is 141 Å². The fourth-order valence-electron chi connectivity index (χ4n) is 11.5. The van der Waals surface area contributed by atoms with Crippen molar-refractivity contribution in [1.82, 2.24) is 0 Å². The van der Waals surface area contributed by atoms with Crippen molar-refractivity contribution >= 4 is 6.98 Å². The Morgan fingerprint density at radius 2 is 1.21 bits per heavy atom. The molecule has 0 aliphatic heterocycles. The summed E-state index contributed by atoms with van der Waals surface area (Å²) >= 11 is -2.64. The van der Waals surface area contributed by atoms with Gasteiger partial charge in [0.15, 0.2) is 0 Å². The molecule has 1 atom stereocenters. The zero-order chi connectivity index (χ0) is 36.2. The first-order valence-electron chi connectivity index (χ1n) is 20.4. The minimum Gasteiger partial charge on any atom is -1.00 e. The molecule has 6 aliphatic rings. The van der Waals surface area contributed by atoms with Gasteiger partial charge in [-0.3, -0.25) is 0 Å². The van der Waals surface area contributed by atoms with Crippen molar-refractivity contribution in [3.63, 3.8) is 0 Å². The SMILES string of the molecule is CC1=[C](/[Zr+2](=[CH]/c2ccc(C(C)(C)C)cc2)[c]2cc(C(C)(C)C)cc3c2Cc2ccc(C(C)(C)C)cc2-3)C(C)C=C1CC12CC3CC(CC(C3)C1)C2.[Cl-].[Cl-]. The van der Waals surface area contributed by atoms with Crippen LogP contribution in [0, 0.1) is 29.1 Å². The van der Waals surface area contributed by atoms with Gasteiger partial charge in [0.1, 0.15) is 0 Å². The summed E-state index contributed by atoms with van der Waals surface area (Å²) in [6.45, 7) is 26.5. The van der Waals surface area contributed by atoms with Crippen LogP contribution >= 0.6 is 0 Å². The molecule has 4 fully saturated rings. The number of fused-ring (bicyclic) bond motifs is 3. The Balaban J connectivity index is 0.00000240. The maximum atomic E-state index is 2.84. The molecule has 0 saturated heterocycles. The number of allylic oxidation sites excluding steroid dienone is 4. The van der Waals surface area contributed by atoms with Gasteiger partial charge in [-0.05, 0) is 0 Å². The molecule has 0 aromatic heterocycles. The van der Waals surface area contributed by atoms with Gasteiger partial charge < -0.3 is 24.8 Å². The summed E-state index contributed by atoms with van der Waals surface area (Å²) in [5.74, 6) is 3.56. The van der Waals surface area contributed by atoms with Crippen LogP contribution in [0.25, 0.3) is 11.1 Å². The van der Waals surface area contributed by atoms with Crippen LogP contribution in [0.1, 0.15) is 154 Å². The van der Waals surface area contributed by atoms with Crippen molar-refractivity contribution in [2.75, 3.05) is 0 Å². The van der Waals surface area contributed by atoms with Gasteiger partial charge in [-0.2, -0.15) is 0 Å². The molecule has 0 spiro atoms. The number of halogens is 2. The van der Waals surface area contributed by atoms with Crippen LogP contribution in [0.2, 0.25) is 0 Å². The number of rotatable bonds is 5. The molecule has 282 valence electrons. The van der Waals surface area contributed by atoms with Crippen molar-refractivity contribution in [1.29, 1.82) is 0 Å². The van der Waals surface area contributed by atoms with E-state index in [-0.39, 0.29) is 41.1 Å². The summed E-state index contributed by atoms with van der Waals surface area (Å²) in [6, 6.07) is 22.4. The van der Waals surface area contributed by atoms with Crippen molar-refractivity contribution in [2.24, 2.45) is 29.1 Å². The van der Waals surface area contributed by atoms with E-state index in [9.17, 15) is 0 Å². The summed E-state index contributed by atoms with van der Waals surface area (Å²) in [7, 11) is 0. The van der Waals surface area contributed by atoms with Crippen LogP contribution in [0.4, 0.5) is 0 Å². The first-order valence-corrected chi connectivity index (χ1v) is 24.3. The summed E-state index contributed by atoms with van der Waals surface area (Å²) in [4.78, 5) is 0. The van der Waals surface area contributed by atoms with Gasteiger partial charge in [-0.1, -0.05) is 0 Å². The Morgan fingerprint density at radius 1 is 0.679 bits per heavy atom. The Kier molecular flexibility index (Phi) is 11.2. The summed E-state index contributed by atoms with van der Waals surface area (Å²) in [6.07, 6.45) is 14.3. The maximum absolute atomic E-state index is 2.84. The fraction of sp³-hybridized carbons (Fsp3) is 0.540. The second kappa shape index (κ2) is 14.4. The first-order chi connectivity index (χ1) is 23.9.